The number of carbonyl (C=O) groups is 4. The van der Waals surface area contributed by atoms with E-state index in [1.165, 1.54) is 0 Å². The molecule has 0 saturated carbocycles. The van der Waals surface area contributed by atoms with Crippen LogP contribution in [0, 0.1) is 0 Å². The van der Waals surface area contributed by atoms with Crippen LogP contribution in [0.25, 0.3) is 0 Å². The van der Waals surface area contributed by atoms with Crippen LogP contribution >= 0.6 is 0 Å². The maximum atomic E-state index is 10.7. The monoisotopic (exact) mass is 332 g/mol. The number of carbonyl (C=O) groups excluding carboxylic acids is 1. The summed E-state index contributed by atoms with van der Waals surface area (Å²) in [6.07, 6.45) is -2.24. The van der Waals surface area contributed by atoms with Crippen molar-refractivity contribution in [2.75, 3.05) is 0 Å². The molecule has 0 rings (SSSR count). The molecule has 3 N–H and O–H groups in total. The fourth-order valence-electron chi connectivity index (χ4n) is 0.928. The standard InChI is InChI=1S/C7H8O8.K.3Na.4H/c8-3-15-7(6(13)14,1-4(9)10)2-5(11)12;;;;;;;;/h3H,1-2H2,(H,9,10)(H,11,12)(H,13,14);;;;;;;;. The summed E-state index contributed by atoms with van der Waals surface area (Å²) in [6, 6.07) is 0. The van der Waals surface area contributed by atoms with Gasteiger partial charge in [-0.05, 0) is 0 Å². The molecule has 0 fully saturated rings. The first-order valence-electron chi connectivity index (χ1n) is 3.62. The normalized spacial score (nSPS) is 8.21. The Kier molecular flexibility index (Phi) is 29.5. The van der Waals surface area contributed by atoms with Gasteiger partial charge in [-0.3, -0.25) is 14.4 Å². The molecule has 0 amide bonds. The number of hydrogen-bond acceptors (Lipinski definition) is 5. The van der Waals surface area contributed by atoms with Gasteiger partial charge in [0.15, 0.2) is 0 Å². The number of hydrogen-bond donors (Lipinski definition) is 3. The summed E-state index contributed by atoms with van der Waals surface area (Å²) in [5, 5.41) is 25.4. The second-order valence-electron chi connectivity index (χ2n) is 2.65. The van der Waals surface area contributed by atoms with Crippen molar-refractivity contribution in [3.8, 4) is 0 Å². The van der Waals surface area contributed by atoms with Crippen molar-refractivity contribution in [2.45, 2.75) is 18.4 Å². The van der Waals surface area contributed by atoms with Gasteiger partial charge in [-0.2, -0.15) is 0 Å². The predicted octanol–water partition coefficient (Wildman–Crippen LogP) is -3.66. The van der Waals surface area contributed by atoms with E-state index < -0.39 is 36.4 Å². The van der Waals surface area contributed by atoms with Gasteiger partial charge in [-0.15, -0.1) is 0 Å². The van der Waals surface area contributed by atoms with Gasteiger partial charge >= 0.3 is 158 Å². The van der Waals surface area contributed by atoms with Crippen LogP contribution in [0.3, 0.4) is 0 Å². The van der Waals surface area contributed by atoms with Gasteiger partial charge in [-0.25, -0.2) is 4.79 Å². The predicted molar refractivity (Wildman–Crippen MR) is 70.6 cm³/mol. The van der Waals surface area contributed by atoms with Crippen LogP contribution in [-0.4, -0.2) is 185 Å². The van der Waals surface area contributed by atoms with Crippen LogP contribution in [0.1, 0.15) is 12.8 Å². The first-order chi connectivity index (χ1) is 6.84. The first kappa shape index (κ1) is 33.2. The summed E-state index contributed by atoms with van der Waals surface area (Å²) in [4.78, 5) is 41.3. The second-order valence-corrected chi connectivity index (χ2v) is 2.65. The number of carboxylic acid groups (broad SMARTS) is 3. The number of rotatable bonds is 7. The molecule has 0 aromatic heterocycles. The molecule has 0 aromatic carbocycles. The van der Waals surface area contributed by atoms with E-state index in [0.717, 1.165) is 0 Å². The van der Waals surface area contributed by atoms with Crippen LogP contribution in [-0.2, 0) is 23.9 Å². The Hall–Kier alpha value is 2.52. The van der Waals surface area contributed by atoms with Crippen molar-refractivity contribution < 1.29 is 39.2 Å². The molecule has 0 bridgehead atoms. The van der Waals surface area contributed by atoms with E-state index in [2.05, 4.69) is 4.74 Å². The third-order valence-corrected chi connectivity index (χ3v) is 1.54. The molecule has 0 aromatic rings. The average Bonchev–Trinajstić information content (AvgIpc) is 2.01. The summed E-state index contributed by atoms with van der Waals surface area (Å²) in [7, 11) is 0. The topological polar surface area (TPSA) is 138 Å². The fraction of sp³-hybridized carbons (Fsp3) is 0.429. The Morgan fingerprint density at radius 3 is 1.42 bits per heavy atom. The molecule has 8 nitrogen and oxygen atoms in total. The molecular weight excluding hydrogens is 320 g/mol. The van der Waals surface area contributed by atoms with Gasteiger partial charge in [0.05, 0.1) is 12.8 Å². The zero-order valence-electron chi connectivity index (χ0n) is 7.37. The molecule has 0 heterocycles. The minimum absolute atomic E-state index is 0. The van der Waals surface area contributed by atoms with Crippen LogP contribution in [0.2, 0.25) is 0 Å². The van der Waals surface area contributed by atoms with Crippen molar-refractivity contribution in [3.05, 3.63) is 0 Å². The molecule has 19 heavy (non-hydrogen) atoms. The van der Waals surface area contributed by atoms with E-state index in [-0.39, 0.29) is 147 Å². The van der Waals surface area contributed by atoms with Crippen LogP contribution in [0.4, 0.5) is 0 Å². The Balaban J connectivity index is -0.000000163. The molecule has 0 radical (unpaired) electrons. The molecule has 0 spiro atoms. The summed E-state index contributed by atoms with van der Waals surface area (Å²) < 4.78 is 4.07. The van der Waals surface area contributed by atoms with Crippen molar-refractivity contribution >= 4 is 164 Å². The van der Waals surface area contributed by atoms with Gasteiger partial charge < -0.3 is 20.1 Å². The van der Waals surface area contributed by atoms with E-state index in [1.54, 1.807) is 0 Å². The number of aliphatic carboxylic acids is 3. The maximum absolute atomic E-state index is 10.7. The SMILES string of the molecule is O=COC(CC(=O)O)(CC(=O)O)C(=O)O.[KH].[NaH].[NaH].[NaH]. The Labute approximate surface area is 217 Å². The van der Waals surface area contributed by atoms with E-state index in [9.17, 15) is 19.2 Å². The zero-order chi connectivity index (χ0) is 12.1. The Bertz CT molecular complexity index is 295. The van der Waals surface area contributed by atoms with Gasteiger partial charge in [0.25, 0.3) is 6.47 Å². The average molecular weight is 332 g/mol. The van der Waals surface area contributed by atoms with Crippen LogP contribution in [0.5, 0.6) is 0 Å². The van der Waals surface area contributed by atoms with Crippen molar-refractivity contribution in [2.24, 2.45) is 0 Å². The molecule has 92 valence electrons. The third kappa shape index (κ3) is 13.9. The minimum atomic E-state index is -2.56. The molecule has 0 saturated heterocycles. The fourth-order valence-corrected chi connectivity index (χ4v) is 0.928. The number of ether oxygens (including phenoxy) is 1. The summed E-state index contributed by atoms with van der Waals surface area (Å²) in [5.41, 5.74) is -2.56. The molecule has 0 aliphatic carbocycles. The molecule has 0 atom stereocenters. The number of carboxylic acids is 3. The van der Waals surface area contributed by atoms with Crippen molar-refractivity contribution in [3.63, 3.8) is 0 Å². The van der Waals surface area contributed by atoms with Crippen molar-refractivity contribution in [1.82, 2.24) is 0 Å². The molecular formula is C7H12KNa3O8. The second kappa shape index (κ2) is 16.9. The summed E-state index contributed by atoms with van der Waals surface area (Å²) in [5.74, 6) is -4.99. The quantitative estimate of drug-likeness (QED) is 0.320. The van der Waals surface area contributed by atoms with Crippen LogP contribution in [0.15, 0.2) is 0 Å². The molecule has 0 aliphatic heterocycles. The van der Waals surface area contributed by atoms with E-state index in [0.29, 0.717) is 0 Å². The van der Waals surface area contributed by atoms with Crippen molar-refractivity contribution in [1.29, 1.82) is 0 Å². The Morgan fingerprint density at radius 1 is 0.947 bits per heavy atom. The first-order valence-corrected chi connectivity index (χ1v) is 3.62. The molecule has 0 aliphatic rings. The Morgan fingerprint density at radius 2 is 1.26 bits per heavy atom. The summed E-state index contributed by atoms with van der Waals surface area (Å²) in [6.45, 7) is -0.292. The van der Waals surface area contributed by atoms with Crippen LogP contribution < -0.4 is 0 Å². The van der Waals surface area contributed by atoms with E-state index in [1.807, 2.05) is 0 Å². The zero-order valence-corrected chi connectivity index (χ0v) is 7.37. The van der Waals surface area contributed by atoms with Gasteiger partial charge in [0.1, 0.15) is 0 Å². The van der Waals surface area contributed by atoms with Gasteiger partial charge in [0.2, 0.25) is 5.60 Å². The van der Waals surface area contributed by atoms with E-state index >= 15 is 0 Å². The summed E-state index contributed by atoms with van der Waals surface area (Å²) >= 11 is 0. The third-order valence-electron chi connectivity index (χ3n) is 1.54. The molecule has 12 heteroatoms. The van der Waals surface area contributed by atoms with Gasteiger partial charge in [0, 0.05) is 0 Å². The van der Waals surface area contributed by atoms with Gasteiger partial charge in [-0.1, -0.05) is 0 Å². The van der Waals surface area contributed by atoms with E-state index in [4.69, 9.17) is 15.3 Å². The molecule has 0 unspecified atom stereocenters.